The van der Waals surface area contributed by atoms with Crippen molar-refractivity contribution >= 4 is 45.4 Å². The van der Waals surface area contributed by atoms with Crippen molar-refractivity contribution in [3.05, 3.63) is 60.2 Å². The van der Waals surface area contributed by atoms with Gasteiger partial charge in [-0.3, -0.25) is 19.0 Å². The number of imide groups is 1. The van der Waals surface area contributed by atoms with Gasteiger partial charge in [-0.2, -0.15) is 4.37 Å². The van der Waals surface area contributed by atoms with Gasteiger partial charge in [0.2, 0.25) is 18.5 Å². The predicted molar refractivity (Wildman–Crippen MR) is 161 cm³/mol. The van der Waals surface area contributed by atoms with E-state index in [2.05, 4.69) is 17.0 Å². The molecule has 10 heteroatoms. The van der Waals surface area contributed by atoms with Gasteiger partial charge in [0.25, 0.3) is 0 Å². The van der Waals surface area contributed by atoms with E-state index in [1.165, 1.54) is 26.5 Å². The van der Waals surface area contributed by atoms with Crippen LogP contribution in [-0.2, 0) is 25.7 Å². The van der Waals surface area contributed by atoms with Crippen molar-refractivity contribution in [2.45, 2.75) is 45.1 Å². The minimum Gasteiger partial charge on any atom is -0.429 e. The summed E-state index contributed by atoms with van der Waals surface area (Å²) < 4.78 is 17.6. The van der Waals surface area contributed by atoms with Crippen molar-refractivity contribution in [1.29, 1.82) is 0 Å². The van der Waals surface area contributed by atoms with Gasteiger partial charge in [-0.25, -0.2) is 4.79 Å². The molecule has 2 amide bonds. The summed E-state index contributed by atoms with van der Waals surface area (Å²) in [6, 6.07) is 17.9. The SMILES string of the molecule is O=C(OCc1ccccc1)OC[N+]1(CCCCN2C(=O)C3CCCCC3C2=O)CCN(c2nsc3ccccc23)CC1. The van der Waals surface area contributed by atoms with Crippen molar-refractivity contribution in [1.82, 2.24) is 9.27 Å². The number of quaternary nitrogens is 1. The summed E-state index contributed by atoms with van der Waals surface area (Å²) in [5, 5.41) is 1.17. The van der Waals surface area contributed by atoms with Gasteiger partial charge < -0.3 is 14.4 Å². The van der Waals surface area contributed by atoms with Crippen molar-refractivity contribution in [2.75, 3.05) is 50.9 Å². The number of aromatic nitrogens is 1. The third-order valence-corrected chi connectivity index (χ3v) is 10.0. The molecule has 2 saturated heterocycles. The van der Waals surface area contributed by atoms with Crippen LogP contribution in [0.1, 0.15) is 44.1 Å². The molecule has 0 spiro atoms. The van der Waals surface area contributed by atoms with Gasteiger partial charge in [0, 0.05) is 11.9 Å². The molecule has 1 saturated carbocycles. The summed E-state index contributed by atoms with van der Waals surface area (Å²) in [6.07, 6.45) is 4.66. The van der Waals surface area contributed by atoms with E-state index < -0.39 is 6.16 Å². The summed E-state index contributed by atoms with van der Waals surface area (Å²) in [5.41, 5.74) is 0.910. The van der Waals surface area contributed by atoms with E-state index in [1.54, 1.807) is 0 Å². The van der Waals surface area contributed by atoms with Gasteiger partial charge in [-0.1, -0.05) is 55.3 Å². The van der Waals surface area contributed by atoms with Crippen molar-refractivity contribution in [3.8, 4) is 0 Å². The lowest BCUT2D eigenvalue weighted by atomic mass is 9.81. The first-order valence-corrected chi connectivity index (χ1v) is 15.9. The van der Waals surface area contributed by atoms with Gasteiger partial charge in [-0.05, 0) is 54.9 Å². The molecule has 3 aliphatic rings. The van der Waals surface area contributed by atoms with E-state index in [9.17, 15) is 14.4 Å². The lowest BCUT2D eigenvalue weighted by molar-refractivity contribution is -0.944. The Bertz CT molecular complexity index is 1380. The Labute approximate surface area is 250 Å². The summed E-state index contributed by atoms with van der Waals surface area (Å²) in [7, 11) is 0. The highest BCUT2D eigenvalue weighted by atomic mass is 32.1. The standard InChI is InChI=1S/C32H39N4O5S/c37-30-25-12-4-5-13-26(25)31(38)35(30)16-8-9-19-36(23-41-32(39)40-22-24-10-2-1-3-11-24)20-17-34(18-21-36)29-27-14-6-7-15-28(27)42-33-29/h1-3,6-7,10-11,14-15,25-26H,4-5,8-9,12-13,16-23H2/q+1. The third-order valence-electron chi connectivity index (χ3n) is 9.20. The Balaban J connectivity index is 1.06. The number of likely N-dealkylation sites (tertiary alicyclic amines) is 1. The lowest BCUT2D eigenvalue weighted by Gasteiger charge is -2.44. The topological polar surface area (TPSA) is 89.0 Å². The van der Waals surface area contributed by atoms with E-state index in [1.807, 2.05) is 42.5 Å². The minimum atomic E-state index is -0.667. The van der Waals surface area contributed by atoms with Crippen LogP contribution < -0.4 is 4.90 Å². The first kappa shape index (κ1) is 28.6. The fourth-order valence-corrected chi connectivity index (χ4v) is 7.53. The van der Waals surface area contributed by atoms with Crippen LogP contribution in [0.4, 0.5) is 10.6 Å². The van der Waals surface area contributed by atoms with Crippen LogP contribution in [0, 0.1) is 11.8 Å². The third kappa shape index (κ3) is 6.15. The second kappa shape index (κ2) is 12.8. The Morgan fingerprint density at radius 1 is 0.905 bits per heavy atom. The molecule has 2 atom stereocenters. The molecule has 3 fully saturated rings. The molecule has 2 unspecified atom stereocenters. The Morgan fingerprint density at radius 3 is 2.33 bits per heavy atom. The van der Waals surface area contributed by atoms with Crippen LogP contribution in [0.3, 0.4) is 0 Å². The largest absolute Gasteiger partial charge is 0.512 e. The zero-order chi connectivity index (χ0) is 28.9. The number of piperazine rings is 1. The predicted octanol–water partition coefficient (Wildman–Crippen LogP) is 5.20. The van der Waals surface area contributed by atoms with E-state index in [0.717, 1.165) is 82.6 Å². The molecular formula is C32H39N4O5S+. The quantitative estimate of drug-likeness (QED) is 0.139. The highest BCUT2D eigenvalue weighted by molar-refractivity contribution is 7.13. The van der Waals surface area contributed by atoms with Crippen LogP contribution in [0.25, 0.3) is 10.1 Å². The van der Waals surface area contributed by atoms with Gasteiger partial charge in [0.15, 0.2) is 5.82 Å². The fourth-order valence-electron chi connectivity index (χ4n) is 6.74. The van der Waals surface area contributed by atoms with Crippen molar-refractivity contribution in [3.63, 3.8) is 0 Å². The minimum absolute atomic E-state index is 0.0298. The molecule has 1 aliphatic carbocycles. The Morgan fingerprint density at radius 2 is 1.60 bits per heavy atom. The number of carbonyl (C=O) groups is 3. The number of nitrogens with zero attached hydrogens (tertiary/aromatic N) is 4. The second-order valence-electron chi connectivity index (χ2n) is 11.8. The summed E-state index contributed by atoms with van der Waals surface area (Å²) >= 11 is 1.52. The number of hydrogen-bond donors (Lipinski definition) is 0. The Kier molecular flexibility index (Phi) is 8.71. The smallest absolute Gasteiger partial charge is 0.429 e. The number of fused-ring (bicyclic) bond motifs is 2. The monoisotopic (exact) mass is 591 g/mol. The van der Waals surface area contributed by atoms with Crippen LogP contribution in [0.15, 0.2) is 54.6 Å². The molecular weight excluding hydrogens is 552 g/mol. The summed E-state index contributed by atoms with van der Waals surface area (Å²) in [5.74, 6) is 0.873. The maximum absolute atomic E-state index is 12.9. The first-order chi connectivity index (χ1) is 20.5. The molecule has 1 aromatic heterocycles. The number of amides is 2. The van der Waals surface area contributed by atoms with Gasteiger partial charge in [0.1, 0.15) is 6.61 Å². The van der Waals surface area contributed by atoms with Gasteiger partial charge in [-0.15, -0.1) is 0 Å². The summed E-state index contributed by atoms with van der Waals surface area (Å²) in [6.45, 7) is 4.84. The van der Waals surface area contributed by atoms with Crippen LogP contribution in [0.2, 0.25) is 0 Å². The number of anilines is 1. The molecule has 3 aromatic rings. The molecule has 0 radical (unpaired) electrons. The maximum atomic E-state index is 12.9. The average Bonchev–Trinajstić information content (AvgIpc) is 3.57. The molecule has 6 rings (SSSR count). The normalized spacial score (nSPS) is 21.9. The molecule has 42 heavy (non-hydrogen) atoms. The first-order valence-electron chi connectivity index (χ1n) is 15.2. The fraction of sp³-hybridized carbons (Fsp3) is 0.500. The number of benzene rings is 2. The molecule has 2 aliphatic heterocycles. The number of carbonyl (C=O) groups excluding carboxylic acids is 3. The van der Waals surface area contributed by atoms with Gasteiger partial charge >= 0.3 is 6.16 Å². The molecule has 2 aromatic carbocycles. The molecule has 3 heterocycles. The van der Waals surface area contributed by atoms with Crippen molar-refractivity contribution < 1.29 is 28.3 Å². The van der Waals surface area contributed by atoms with E-state index in [0.29, 0.717) is 11.0 Å². The number of ether oxygens (including phenoxy) is 2. The zero-order valence-corrected chi connectivity index (χ0v) is 24.8. The number of hydrogen-bond acceptors (Lipinski definition) is 8. The van der Waals surface area contributed by atoms with Crippen molar-refractivity contribution in [2.24, 2.45) is 11.8 Å². The molecule has 222 valence electrons. The zero-order valence-electron chi connectivity index (χ0n) is 24.0. The van der Waals surface area contributed by atoms with E-state index >= 15 is 0 Å². The number of rotatable bonds is 10. The van der Waals surface area contributed by atoms with E-state index in [4.69, 9.17) is 13.8 Å². The van der Waals surface area contributed by atoms with Crippen LogP contribution >= 0.6 is 11.5 Å². The van der Waals surface area contributed by atoms with E-state index in [-0.39, 0.29) is 37.0 Å². The highest BCUT2D eigenvalue weighted by Gasteiger charge is 2.47. The number of unbranched alkanes of at least 4 members (excludes halogenated alkanes) is 1. The second-order valence-corrected chi connectivity index (χ2v) is 12.6. The van der Waals surface area contributed by atoms with Crippen LogP contribution in [0.5, 0.6) is 0 Å². The Hall–Kier alpha value is -3.50. The lowest BCUT2D eigenvalue weighted by Crippen LogP contribution is -2.61. The average molecular weight is 592 g/mol. The molecule has 0 bridgehead atoms. The molecule has 0 N–H and O–H groups in total. The van der Waals surface area contributed by atoms with Crippen LogP contribution in [-0.4, -0.2) is 77.7 Å². The summed E-state index contributed by atoms with van der Waals surface area (Å²) in [4.78, 5) is 42.2. The highest BCUT2D eigenvalue weighted by Crippen LogP contribution is 2.38. The molecule has 9 nitrogen and oxygen atoms in total. The van der Waals surface area contributed by atoms with Gasteiger partial charge in [0.05, 0.1) is 49.3 Å². The maximum Gasteiger partial charge on any atom is 0.512 e.